The Morgan fingerprint density at radius 2 is 1.93 bits per heavy atom. The Bertz CT molecular complexity index is 1840. The Kier molecular flexibility index (Phi) is 7.26. The zero-order chi connectivity index (χ0) is 30.3. The minimum absolute atomic E-state index is 0.211. The Labute approximate surface area is 246 Å². The maximum atomic E-state index is 13.8. The Morgan fingerprint density at radius 3 is 2.51 bits per heavy atom. The van der Waals surface area contributed by atoms with Gasteiger partial charge in [0.1, 0.15) is 5.60 Å². The highest BCUT2D eigenvalue weighted by atomic mass is 19.1. The van der Waals surface area contributed by atoms with E-state index in [-0.39, 0.29) is 17.6 Å². The smallest absolute Gasteiger partial charge is 0.275 e. The first-order valence-corrected chi connectivity index (χ1v) is 14.0. The van der Waals surface area contributed by atoms with E-state index in [4.69, 9.17) is 15.6 Å². The van der Waals surface area contributed by atoms with Gasteiger partial charge in [-0.25, -0.2) is 18.7 Å². The van der Waals surface area contributed by atoms with Gasteiger partial charge in [-0.05, 0) is 57.2 Å². The predicted molar refractivity (Wildman–Crippen MR) is 158 cm³/mol. The molecule has 1 aromatic carbocycles. The second kappa shape index (κ2) is 11.1. The molecule has 12 nitrogen and oxygen atoms in total. The summed E-state index contributed by atoms with van der Waals surface area (Å²) < 4.78 is 22.0. The van der Waals surface area contributed by atoms with E-state index in [2.05, 4.69) is 20.3 Å². The lowest BCUT2D eigenvalue weighted by molar-refractivity contribution is -0.145. The molecule has 0 unspecified atom stereocenters. The number of ether oxygens (including phenoxy) is 1. The number of amides is 1. The van der Waals surface area contributed by atoms with Crippen molar-refractivity contribution in [1.82, 2.24) is 34.7 Å². The van der Waals surface area contributed by atoms with Crippen molar-refractivity contribution in [3.8, 4) is 5.82 Å². The lowest BCUT2D eigenvalue weighted by Crippen LogP contribution is -2.49. The monoisotopic (exact) mass is 585 g/mol. The fourth-order valence-corrected chi connectivity index (χ4v) is 5.85. The second-order valence-electron chi connectivity index (χ2n) is 10.9. The molecule has 13 heteroatoms. The third-order valence-corrected chi connectivity index (χ3v) is 8.35. The number of aromatic amines is 1. The van der Waals surface area contributed by atoms with Gasteiger partial charge >= 0.3 is 0 Å². The number of pyridine rings is 1. The number of nitrogens with one attached hydrogen (secondary N) is 1. The first kappa shape index (κ1) is 28.2. The minimum Gasteiger partial charge on any atom is -0.368 e. The molecule has 5 aromatic rings. The highest BCUT2D eigenvalue weighted by Crippen LogP contribution is 2.39. The van der Waals surface area contributed by atoms with Gasteiger partial charge in [0.15, 0.2) is 23.3 Å². The van der Waals surface area contributed by atoms with Crippen molar-refractivity contribution in [2.24, 2.45) is 5.73 Å². The van der Waals surface area contributed by atoms with Crippen molar-refractivity contribution in [2.75, 3.05) is 12.0 Å². The van der Waals surface area contributed by atoms with Crippen LogP contribution in [0.4, 0.5) is 16.0 Å². The summed E-state index contributed by atoms with van der Waals surface area (Å²) in [7, 11) is 1.49. The van der Waals surface area contributed by atoms with E-state index in [9.17, 15) is 14.0 Å². The third kappa shape index (κ3) is 5.05. The summed E-state index contributed by atoms with van der Waals surface area (Å²) in [4.78, 5) is 32.5. The Balaban J connectivity index is 1.45. The number of carbonyl (C=O) groups excluding carboxylic acids is 1. The van der Waals surface area contributed by atoms with E-state index in [1.54, 1.807) is 18.3 Å². The number of carbonyl (C=O) groups is 1. The van der Waals surface area contributed by atoms with Crippen molar-refractivity contribution >= 4 is 28.3 Å². The number of aromatic nitrogens is 7. The number of halogens is 1. The van der Waals surface area contributed by atoms with E-state index < -0.39 is 17.3 Å². The summed E-state index contributed by atoms with van der Waals surface area (Å²) in [5.74, 6) is 0.680. The van der Waals surface area contributed by atoms with E-state index in [0.29, 0.717) is 53.9 Å². The molecular formula is C30H32FN9O3. The van der Waals surface area contributed by atoms with Gasteiger partial charge in [0.2, 0.25) is 5.91 Å². The molecule has 4 heterocycles. The highest BCUT2D eigenvalue weighted by Gasteiger charge is 2.42. The molecule has 1 aliphatic rings. The first-order chi connectivity index (χ1) is 20.7. The number of methoxy groups -OCH3 is 1. The zero-order valence-electron chi connectivity index (χ0n) is 24.1. The van der Waals surface area contributed by atoms with Crippen molar-refractivity contribution in [3.05, 3.63) is 88.5 Å². The quantitative estimate of drug-likeness (QED) is 0.277. The average Bonchev–Trinajstić information content (AvgIpc) is 3.66. The van der Waals surface area contributed by atoms with Gasteiger partial charge in [-0.2, -0.15) is 15.3 Å². The van der Waals surface area contributed by atoms with Crippen molar-refractivity contribution in [2.45, 2.75) is 57.2 Å². The highest BCUT2D eigenvalue weighted by molar-refractivity contribution is 5.93. The molecule has 1 fully saturated rings. The molecule has 0 bridgehead atoms. The standard InChI is InChI=1S/C30H32FN9O3/c1-18-14-26(36-35-18)39(19(2)20-8-9-25(33-15-20)38-17-21(31)16-34-38)27-23-6-4-5-7-24(23)28(41)40(37-27)22-10-12-30(43-3,13-11-22)29(32)42/h4-9,14-17,19,22H,10-13H2,1-3H3,(H2,32,42)(H,35,36)/t19-,22?,30?/m0/s1. The van der Waals surface area contributed by atoms with Crippen LogP contribution in [0.15, 0.2) is 65.8 Å². The van der Waals surface area contributed by atoms with Gasteiger partial charge in [-0.3, -0.25) is 14.7 Å². The number of nitrogens with two attached hydrogens (primary N) is 1. The summed E-state index contributed by atoms with van der Waals surface area (Å²) in [5, 5.41) is 17.7. The molecular weight excluding hydrogens is 553 g/mol. The number of aryl methyl sites for hydroxylation is 1. The number of nitrogens with zero attached hydrogens (tertiary/aromatic N) is 7. The predicted octanol–water partition coefficient (Wildman–Crippen LogP) is 4.03. The van der Waals surface area contributed by atoms with E-state index in [0.717, 1.165) is 17.5 Å². The molecule has 1 aliphatic carbocycles. The molecule has 0 spiro atoms. The summed E-state index contributed by atoms with van der Waals surface area (Å²) in [6, 6.07) is 12.4. The van der Waals surface area contributed by atoms with Crippen LogP contribution in [-0.2, 0) is 9.53 Å². The molecule has 1 amide bonds. The number of hydrogen-bond donors (Lipinski definition) is 2. The molecule has 0 radical (unpaired) electrons. The van der Waals surface area contributed by atoms with Gasteiger partial charge in [-0.1, -0.05) is 24.3 Å². The number of H-pyrrole nitrogens is 1. The van der Waals surface area contributed by atoms with Crippen LogP contribution in [0, 0.1) is 12.7 Å². The molecule has 1 atom stereocenters. The van der Waals surface area contributed by atoms with Crippen LogP contribution < -0.4 is 16.2 Å². The molecule has 1 saturated carbocycles. The summed E-state index contributed by atoms with van der Waals surface area (Å²) in [6.45, 7) is 3.91. The van der Waals surface area contributed by atoms with Crippen LogP contribution in [0.3, 0.4) is 0 Å². The van der Waals surface area contributed by atoms with E-state index in [1.165, 1.54) is 22.7 Å². The fourth-order valence-electron chi connectivity index (χ4n) is 5.85. The van der Waals surface area contributed by atoms with Crippen LogP contribution in [0.2, 0.25) is 0 Å². The molecule has 4 aromatic heterocycles. The number of anilines is 2. The Morgan fingerprint density at radius 1 is 1.19 bits per heavy atom. The van der Waals surface area contributed by atoms with Crippen LogP contribution in [0.25, 0.3) is 16.6 Å². The van der Waals surface area contributed by atoms with Crippen molar-refractivity contribution in [1.29, 1.82) is 0 Å². The summed E-state index contributed by atoms with van der Waals surface area (Å²) in [6.07, 6.45) is 5.86. The van der Waals surface area contributed by atoms with Gasteiger partial charge in [-0.15, -0.1) is 0 Å². The van der Waals surface area contributed by atoms with Crippen LogP contribution >= 0.6 is 0 Å². The molecule has 43 heavy (non-hydrogen) atoms. The van der Waals surface area contributed by atoms with Crippen LogP contribution in [0.5, 0.6) is 0 Å². The lowest BCUT2D eigenvalue weighted by Gasteiger charge is -2.37. The van der Waals surface area contributed by atoms with Gasteiger partial charge in [0, 0.05) is 30.5 Å². The third-order valence-electron chi connectivity index (χ3n) is 8.35. The SMILES string of the molecule is COC1(C(N)=O)CCC(n2nc(N(c3cc(C)[nH]n3)[C@@H](C)c3ccc(-n4cc(F)cn4)nc3)c3ccccc3c2=O)CC1. The van der Waals surface area contributed by atoms with Crippen LogP contribution in [0.1, 0.15) is 55.9 Å². The van der Waals surface area contributed by atoms with E-state index in [1.807, 2.05) is 49.1 Å². The van der Waals surface area contributed by atoms with Crippen molar-refractivity contribution < 1.29 is 13.9 Å². The average molecular weight is 586 g/mol. The largest absolute Gasteiger partial charge is 0.368 e. The van der Waals surface area contributed by atoms with Gasteiger partial charge in [0.05, 0.1) is 29.9 Å². The minimum atomic E-state index is -1.05. The maximum Gasteiger partial charge on any atom is 0.275 e. The first-order valence-electron chi connectivity index (χ1n) is 14.0. The zero-order valence-corrected chi connectivity index (χ0v) is 24.1. The number of rotatable bonds is 8. The molecule has 0 aliphatic heterocycles. The molecule has 6 rings (SSSR count). The number of benzene rings is 1. The topological polar surface area (TPSA) is 150 Å². The maximum absolute atomic E-state index is 13.8. The molecule has 3 N–H and O–H groups in total. The summed E-state index contributed by atoms with van der Waals surface area (Å²) in [5.41, 5.74) is 6.11. The Hall–Kier alpha value is -4.91. The second-order valence-corrected chi connectivity index (χ2v) is 10.9. The molecule has 222 valence electrons. The van der Waals surface area contributed by atoms with Gasteiger partial charge < -0.3 is 15.4 Å². The lowest BCUT2D eigenvalue weighted by atomic mass is 9.81. The molecule has 0 saturated heterocycles. The number of hydrogen-bond acceptors (Lipinski definition) is 8. The number of primary amides is 1. The summed E-state index contributed by atoms with van der Waals surface area (Å²) >= 11 is 0. The van der Waals surface area contributed by atoms with Gasteiger partial charge in [0.25, 0.3) is 5.56 Å². The van der Waals surface area contributed by atoms with E-state index >= 15 is 0 Å². The van der Waals surface area contributed by atoms with Crippen LogP contribution in [-0.4, -0.2) is 53.4 Å². The fraction of sp³-hybridized carbons (Fsp3) is 0.333. The number of fused-ring (bicyclic) bond motifs is 1. The van der Waals surface area contributed by atoms with Crippen molar-refractivity contribution in [3.63, 3.8) is 0 Å². The normalized spacial score (nSPS) is 19.4.